The molecule has 1 saturated heterocycles. The normalized spacial score (nSPS) is 19.0. The van der Waals surface area contributed by atoms with Crippen LogP contribution < -0.4 is 4.90 Å². The molecule has 5 N–H and O–H groups in total. The number of hydrogen-bond donors (Lipinski definition) is 5. The number of carbonyl (C=O) groups excluding carboxylic acids is 3. The lowest BCUT2D eigenvalue weighted by atomic mass is 9.74. The summed E-state index contributed by atoms with van der Waals surface area (Å²) in [7, 11) is -22.1. The number of amides is 2. The zero-order valence-electron chi connectivity index (χ0n) is 48.5. The quantitative estimate of drug-likeness (QED) is 0.0126. The van der Waals surface area contributed by atoms with Crippen molar-refractivity contribution in [2.45, 2.75) is 102 Å². The van der Waals surface area contributed by atoms with E-state index in [2.05, 4.69) is 0 Å². The van der Waals surface area contributed by atoms with Crippen molar-refractivity contribution in [3.8, 4) is 0 Å². The number of hydroxylamine groups is 2. The lowest BCUT2D eigenvalue weighted by molar-refractivity contribution is -0.441. The van der Waals surface area contributed by atoms with E-state index in [1.165, 1.54) is 25.3 Å². The summed E-state index contributed by atoms with van der Waals surface area (Å²) >= 11 is 0. The number of unbranched alkanes of at least 4 members (excludes halogenated alkanes) is 2. The summed E-state index contributed by atoms with van der Waals surface area (Å²) in [4.78, 5) is 40.6. The first-order valence-corrected chi connectivity index (χ1v) is 35.0. The van der Waals surface area contributed by atoms with Gasteiger partial charge in [-0.25, -0.2) is 4.79 Å². The molecule has 2 atom stereocenters. The average molecular weight is 1330 g/mol. The molecule has 7 rings (SSSR count). The zero-order chi connectivity index (χ0) is 64.6. The first-order valence-electron chi connectivity index (χ1n) is 27.6. The Morgan fingerprint density at radius 1 is 0.591 bits per heavy atom. The van der Waals surface area contributed by atoms with E-state index in [9.17, 15) is 79.2 Å². The molecule has 482 valence electrons. The predicted octanol–water partition coefficient (Wildman–Crippen LogP) is 5.68. The van der Waals surface area contributed by atoms with Crippen molar-refractivity contribution >= 4 is 107 Å². The molecule has 0 aromatic heterocycles. The molecule has 0 radical (unpaired) electrons. The summed E-state index contributed by atoms with van der Waals surface area (Å²) < 4.78 is 208. The second kappa shape index (κ2) is 28.5. The van der Waals surface area contributed by atoms with E-state index in [0.29, 0.717) is 78.2 Å². The number of rotatable bonds is 33. The zero-order valence-corrected chi connectivity index (χ0v) is 52.6. The molecule has 0 spiro atoms. The lowest BCUT2D eigenvalue weighted by Gasteiger charge is -2.31. The Bertz CT molecular complexity index is 4060. The molecule has 3 heterocycles. The van der Waals surface area contributed by atoms with Crippen molar-refractivity contribution in [3.63, 3.8) is 0 Å². The highest BCUT2D eigenvalue weighted by Gasteiger charge is 2.50. The van der Waals surface area contributed by atoms with Crippen molar-refractivity contribution in [2.75, 3.05) is 90.8 Å². The molecule has 2 amide bonds. The second-order valence-electron chi connectivity index (χ2n) is 21.3. The fraction of sp³-hybridized carbons (Fsp3) is 0.464. The monoisotopic (exact) mass is 1330 g/mol. The number of benzene rings is 4. The SMILES string of the molecule is COCCOCCOCCOCCC1(C)\C(=C/C=C/C=C/C2=[N+](CCOC)c3ccc4c(S(=O)(=O)O)cc(S(=O)(=O)O)cc4c3C2(C)CCCS(=O)(=O)O)N(CCCCCC(=O)ON2C(=O)CCC2=O)c2ccc3c(S(=O)(=O)O)cc(S(=O)(=O)O)cc3c21. The fourth-order valence-electron chi connectivity index (χ4n) is 11.3. The van der Waals surface area contributed by atoms with Crippen molar-refractivity contribution in [1.29, 1.82) is 0 Å². The molecular formula is C56H70N3O24S5+. The minimum absolute atomic E-state index is 0.0284. The van der Waals surface area contributed by atoms with Crippen LogP contribution in [0, 0.1) is 0 Å². The van der Waals surface area contributed by atoms with Crippen LogP contribution in [0.5, 0.6) is 0 Å². The Morgan fingerprint density at radius 2 is 1.14 bits per heavy atom. The minimum atomic E-state index is -5.15. The third-order valence-electron chi connectivity index (χ3n) is 15.4. The molecule has 3 aliphatic heterocycles. The van der Waals surface area contributed by atoms with Crippen LogP contribution in [0.4, 0.5) is 11.4 Å². The fourth-order valence-corrected chi connectivity index (χ4v) is 14.5. The van der Waals surface area contributed by atoms with Gasteiger partial charge in [0.1, 0.15) is 16.4 Å². The van der Waals surface area contributed by atoms with Crippen LogP contribution in [-0.4, -0.2) is 184 Å². The van der Waals surface area contributed by atoms with Crippen LogP contribution in [0.3, 0.4) is 0 Å². The van der Waals surface area contributed by atoms with Crippen molar-refractivity contribution < 1.29 is 112 Å². The Morgan fingerprint density at radius 3 is 1.68 bits per heavy atom. The maximum Gasteiger partial charge on any atom is 0.333 e. The first-order chi connectivity index (χ1) is 41.3. The molecule has 4 aromatic carbocycles. The molecular weight excluding hydrogens is 1260 g/mol. The highest BCUT2D eigenvalue weighted by Crippen LogP contribution is 2.54. The van der Waals surface area contributed by atoms with Crippen LogP contribution >= 0.6 is 0 Å². The average Bonchev–Trinajstić information content (AvgIpc) is 2.06. The third kappa shape index (κ3) is 16.3. The van der Waals surface area contributed by atoms with Crippen LogP contribution in [0.2, 0.25) is 0 Å². The van der Waals surface area contributed by atoms with E-state index in [4.69, 9.17) is 28.5 Å². The number of allylic oxidation sites excluding steroid dienone is 6. The number of fused-ring (bicyclic) bond motifs is 6. The van der Waals surface area contributed by atoms with Gasteiger partial charge in [-0.3, -0.25) is 32.4 Å². The van der Waals surface area contributed by atoms with Crippen LogP contribution in [0.15, 0.2) is 104 Å². The number of imide groups is 1. The van der Waals surface area contributed by atoms with Crippen LogP contribution in [-0.2, 0) is 104 Å². The Balaban J connectivity index is 1.34. The summed E-state index contributed by atoms with van der Waals surface area (Å²) in [5, 5.41) is 0.243. The standard InChI is InChI=1S/C56H69N3O24S5/c1-55(21-11-33-84(63,64)65)48(58(24-26-78-3)45-18-16-40-42(53(45)55)34-38(85(66,67)68)36-46(40)87(72,73)74)12-7-5-8-13-49-56(2,22-25-80-29-30-82-32-31-81-28-27-79-4)54-43-35-39(86(69,70)71)37-47(88(75,76)77)41(43)15-17-44(54)57(49)23-10-6-9-14-52(62)83-59-50(60)19-20-51(59)61/h5,7-8,12-13,15-18,34-37H,6,9-11,14,19-33H2,1-4H3,(H4-,63,64,65,66,67,68,69,70,71,72,73,74,75,76,77)/p+1. The van der Waals surface area contributed by atoms with Gasteiger partial charge in [0.15, 0.2) is 12.3 Å². The molecule has 2 unspecified atom stereocenters. The van der Waals surface area contributed by atoms with E-state index >= 15 is 0 Å². The molecule has 0 aliphatic carbocycles. The number of carbonyl (C=O) groups is 3. The molecule has 4 aromatic rings. The first kappa shape index (κ1) is 69.5. The Labute approximate surface area is 510 Å². The second-order valence-corrected chi connectivity index (χ2v) is 28.5. The highest BCUT2D eigenvalue weighted by molar-refractivity contribution is 7.87. The smallest absolute Gasteiger partial charge is 0.333 e. The number of nitrogens with zero attached hydrogens (tertiary/aromatic N) is 3. The van der Waals surface area contributed by atoms with Crippen molar-refractivity contribution in [1.82, 2.24) is 5.06 Å². The molecule has 0 bridgehead atoms. The largest absolute Gasteiger partial charge is 0.382 e. The summed E-state index contributed by atoms with van der Waals surface area (Å²) in [6, 6.07) is 9.28. The topological polar surface area (TPSA) is 388 Å². The molecule has 27 nitrogen and oxygen atoms in total. The molecule has 32 heteroatoms. The number of methoxy groups -OCH3 is 2. The van der Waals surface area contributed by atoms with Gasteiger partial charge in [-0.15, -0.1) is 5.06 Å². The van der Waals surface area contributed by atoms with Gasteiger partial charge in [0.05, 0.1) is 60.6 Å². The van der Waals surface area contributed by atoms with E-state index in [-0.39, 0.29) is 118 Å². The molecule has 88 heavy (non-hydrogen) atoms. The predicted molar refractivity (Wildman–Crippen MR) is 317 cm³/mol. The van der Waals surface area contributed by atoms with Gasteiger partial charge >= 0.3 is 5.97 Å². The van der Waals surface area contributed by atoms with Gasteiger partial charge in [0.2, 0.25) is 5.69 Å². The molecule has 1 fully saturated rings. The van der Waals surface area contributed by atoms with E-state index in [1.807, 2.05) is 11.8 Å². The van der Waals surface area contributed by atoms with E-state index in [0.717, 1.165) is 12.1 Å². The summed E-state index contributed by atoms with van der Waals surface area (Å²) in [6.07, 6.45) is 8.85. The number of ether oxygens (including phenoxy) is 5. The summed E-state index contributed by atoms with van der Waals surface area (Å²) in [5.41, 5.74) is -0.0927. The van der Waals surface area contributed by atoms with Gasteiger partial charge < -0.3 is 33.4 Å². The van der Waals surface area contributed by atoms with E-state index in [1.54, 1.807) is 55.1 Å². The van der Waals surface area contributed by atoms with Crippen molar-refractivity contribution in [2.24, 2.45) is 0 Å². The molecule has 3 aliphatic rings. The van der Waals surface area contributed by atoms with Crippen LogP contribution in [0.25, 0.3) is 21.5 Å². The van der Waals surface area contributed by atoms with Gasteiger partial charge in [-0.1, -0.05) is 30.7 Å². The lowest BCUT2D eigenvalue weighted by Crippen LogP contribution is -2.32. The minimum Gasteiger partial charge on any atom is -0.382 e. The van der Waals surface area contributed by atoms with E-state index < -0.39 is 105 Å². The van der Waals surface area contributed by atoms with Crippen LogP contribution in [0.1, 0.15) is 82.8 Å². The number of anilines is 1. The third-order valence-corrected chi connectivity index (χ3v) is 19.6. The molecule has 0 saturated carbocycles. The summed E-state index contributed by atoms with van der Waals surface area (Å²) in [5.74, 6) is -2.79. The van der Waals surface area contributed by atoms with Gasteiger partial charge in [0, 0.05) is 91.9 Å². The highest BCUT2D eigenvalue weighted by atomic mass is 32.2. The maximum atomic E-state index is 13.0. The number of hydrogen-bond acceptors (Lipinski definition) is 20. The Kier molecular flexibility index (Phi) is 22.5. The Hall–Kier alpha value is -5.95. The maximum absolute atomic E-state index is 13.0. The van der Waals surface area contributed by atoms with Gasteiger partial charge in [-0.2, -0.15) is 46.7 Å². The van der Waals surface area contributed by atoms with Gasteiger partial charge in [0.25, 0.3) is 62.4 Å². The van der Waals surface area contributed by atoms with Crippen molar-refractivity contribution in [3.05, 3.63) is 95.7 Å². The van der Waals surface area contributed by atoms with Gasteiger partial charge in [-0.05, 0) is 105 Å². The summed E-state index contributed by atoms with van der Waals surface area (Å²) in [6.45, 7) is 5.56.